The zero-order valence-electron chi connectivity index (χ0n) is 20.0. The van der Waals surface area contributed by atoms with Crippen LogP contribution in [0.1, 0.15) is 41.7 Å². The smallest absolute Gasteiger partial charge is 0.337 e. The molecule has 0 fully saturated rings. The number of rotatable bonds is 7. The Morgan fingerprint density at radius 3 is 2.58 bits per heavy atom. The van der Waals surface area contributed by atoms with Gasteiger partial charge in [0.2, 0.25) is 0 Å². The van der Waals surface area contributed by atoms with Crippen molar-refractivity contribution in [2.24, 2.45) is 5.92 Å². The Morgan fingerprint density at radius 2 is 1.88 bits per heavy atom. The van der Waals surface area contributed by atoms with E-state index < -0.39 is 0 Å². The van der Waals surface area contributed by atoms with Gasteiger partial charge in [-0.25, -0.2) is 4.79 Å². The monoisotopic (exact) mass is 436 g/mol. The molecule has 2 aromatic rings. The Hall–Kier alpha value is -3.65. The quantitative estimate of drug-likeness (QED) is 0.256. The van der Waals surface area contributed by atoms with Gasteiger partial charge in [0.25, 0.3) is 0 Å². The molecule has 3 rings (SSSR count). The minimum atomic E-state index is -0.374. The Kier molecular flexibility index (Phi) is 8.21. The fourth-order valence-corrected chi connectivity index (χ4v) is 3.88. The van der Waals surface area contributed by atoms with E-state index in [0.717, 1.165) is 17.6 Å². The second-order valence-electron chi connectivity index (χ2n) is 8.38. The first-order valence-electron chi connectivity index (χ1n) is 11.3. The van der Waals surface area contributed by atoms with Crippen LogP contribution >= 0.6 is 0 Å². The first-order valence-corrected chi connectivity index (χ1v) is 11.3. The number of allylic oxidation sites excluding steroid dienone is 9. The number of methoxy groups -OCH3 is 1. The van der Waals surface area contributed by atoms with E-state index >= 15 is 0 Å². The van der Waals surface area contributed by atoms with Crippen molar-refractivity contribution < 1.29 is 9.53 Å². The minimum absolute atomic E-state index is 0.372. The molecular formula is C31H32O2. The molecule has 1 aliphatic carbocycles. The summed E-state index contributed by atoms with van der Waals surface area (Å²) in [5, 5.41) is 0. The molecule has 1 atom stereocenters. The molecule has 1 aliphatic rings. The Bertz CT molecular complexity index is 1170. The molecule has 168 valence electrons. The summed E-state index contributed by atoms with van der Waals surface area (Å²) >= 11 is 0. The van der Waals surface area contributed by atoms with Gasteiger partial charge in [0.1, 0.15) is 0 Å². The van der Waals surface area contributed by atoms with Crippen molar-refractivity contribution in [1.29, 1.82) is 0 Å². The van der Waals surface area contributed by atoms with Gasteiger partial charge in [0, 0.05) is 0 Å². The van der Waals surface area contributed by atoms with Gasteiger partial charge in [-0.15, -0.1) is 0 Å². The van der Waals surface area contributed by atoms with Crippen LogP contribution in [0.15, 0.2) is 103 Å². The van der Waals surface area contributed by atoms with E-state index in [9.17, 15) is 4.79 Å². The highest BCUT2D eigenvalue weighted by Crippen LogP contribution is 2.29. The Labute approximate surface area is 198 Å². The summed E-state index contributed by atoms with van der Waals surface area (Å²) in [7, 11) is 1.39. The first kappa shape index (κ1) is 24.0. The molecule has 0 aliphatic heterocycles. The summed E-state index contributed by atoms with van der Waals surface area (Å²) in [5.74, 6) is -0.00207. The molecule has 0 saturated heterocycles. The SMILES string of the molecule is C=C(/C=C(\C=C/C)C(=O)OC)c1ccc(C2=CC(C)C=CC=C2)cc1Cc1ccc(C)cc1. The van der Waals surface area contributed by atoms with Crippen LogP contribution in [0.25, 0.3) is 11.1 Å². The number of esters is 1. The van der Waals surface area contributed by atoms with Crippen LogP contribution in [0.2, 0.25) is 0 Å². The van der Waals surface area contributed by atoms with Gasteiger partial charge < -0.3 is 4.74 Å². The number of carbonyl (C=O) groups is 1. The van der Waals surface area contributed by atoms with E-state index in [1.165, 1.54) is 34.9 Å². The van der Waals surface area contributed by atoms with Gasteiger partial charge in [-0.05, 0) is 65.7 Å². The highest BCUT2D eigenvalue weighted by atomic mass is 16.5. The maximum absolute atomic E-state index is 12.2. The van der Waals surface area contributed by atoms with Gasteiger partial charge >= 0.3 is 5.97 Å². The minimum Gasteiger partial charge on any atom is -0.465 e. The molecule has 2 aromatic carbocycles. The van der Waals surface area contributed by atoms with Crippen LogP contribution in [0.5, 0.6) is 0 Å². The lowest BCUT2D eigenvalue weighted by atomic mass is 9.90. The summed E-state index contributed by atoms with van der Waals surface area (Å²) in [6.07, 6.45) is 17.0. The van der Waals surface area contributed by atoms with Gasteiger partial charge in [-0.1, -0.05) is 104 Å². The first-order chi connectivity index (χ1) is 15.9. The average Bonchev–Trinajstić information content (AvgIpc) is 3.04. The second kappa shape index (κ2) is 11.3. The standard InChI is InChI=1S/C31H32O2/c1-6-9-28(31(32)33-5)19-24(4)30-17-16-27(26-11-8-7-10-23(3)18-26)21-29(30)20-25-14-12-22(2)13-15-25/h6-19,21,23H,4,20H2,1-3,5H3/b9-6-,28-19+. The molecule has 0 heterocycles. The molecular weight excluding hydrogens is 404 g/mol. The number of ether oxygens (including phenoxy) is 1. The lowest BCUT2D eigenvalue weighted by molar-refractivity contribution is -0.135. The summed E-state index contributed by atoms with van der Waals surface area (Å²) < 4.78 is 4.94. The highest BCUT2D eigenvalue weighted by Gasteiger charge is 2.13. The molecule has 0 bridgehead atoms. The normalized spacial score (nSPS) is 15.9. The van der Waals surface area contributed by atoms with Crippen LogP contribution in [0.3, 0.4) is 0 Å². The highest BCUT2D eigenvalue weighted by molar-refractivity contribution is 5.95. The molecule has 2 nitrogen and oxygen atoms in total. The zero-order valence-corrected chi connectivity index (χ0v) is 20.0. The van der Waals surface area contributed by atoms with Gasteiger partial charge in [0.15, 0.2) is 0 Å². The second-order valence-corrected chi connectivity index (χ2v) is 8.38. The maximum atomic E-state index is 12.2. The lowest BCUT2D eigenvalue weighted by Gasteiger charge is -2.15. The summed E-state index contributed by atoms with van der Waals surface area (Å²) in [6.45, 7) is 10.5. The van der Waals surface area contributed by atoms with Crippen molar-refractivity contribution in [3.8, 4) is 0 Å². The van der Waals surface area contributed by atoms with E-state index in [1.807, 2.05) is 13.0 Å². The molecule has 0 aromatic heterocycles. The summed E-state index contributed by atoms with van der Waals surface area (Å²) in [4.78, 5) is 12.2. The molecule has 0 N–H and O–H groups in total. The zero-order chi connectivity index (χ0) is 23.8. The molecule has 1 unspecified atom stereocenters. The number of hydrogen-bond donors (Lipinski definition) is 0. The van der Waals surface area contributed by atoms with Crippen LogP contribution in [-0.4, -0.2) is 13.1 Å². The molecule has 0 amide bonds. The molecule has 0 radical (unpaired) electrons. The predicted molar refractivity (Wildman–Crippen MR) is 140 cm³/mol. The van der Waals surface area contributed by atoms with E-state index in [-0.39, 0.29) is 5.97 Å². The van der Waals surface area contributed by atoms with Gasteiger partial charge in [0.05, 0.1) is 12.7 Å². The lowest BCUT2D eigenvalue weighted by Crippen LogP contribution is -2.03. The van der Waals surface area contributed by atoms with Crippen molar-refractivity contribution in [3.63, 3.8) is 0 Å². The number of carbonyl (C=O) groups excluding carboxylic acids is 1. The van der Waals surface area contributed by atoms with Gasteiger partial charge in [-0.2, -0.15) is 0 Å². The fraction of sp³-hybridized carbons (Fsp3) is 0.194. The third-order valence-corrected chi connectivity index (χ3v) is 5.64. The van der Waals surface area contributed by atoms with Crippen LogP contribution < -0.4 is 0 Å². The van der Waals surface area contributed by atoms with E-state index in [4.69, 9.17) is 4.74 Å². The third-order valence-electron chi connectivity index (χ3n) is 5.64. The van der Waals surface area contributed by atoms with Crippen LogP contribution in [0.4, 0.5) is 0 Å². The van der Waals surface area contributed by atoms with Crippen molar-refractivity contribution in [2.45, 2.75) is 27.2 Å². The fourth-order valence-electron chi connectivity index (χ4n) is 3.88. The summed E-state index contributed by atoms with van der Waals surface area (Å²) in [6, 6.07) is 15.1. The average molecular weight is 437 g/mol. The van der Waals surface area contributed by atoms with Crippen LogP contribution in [0, 0.1) is 12.8 Å². The molecule has 0 saturated carbocycles. The van der Waals surface area contributed by atoms with Crippen LogP contribution in [-0.2, 0) is 16.0 Å². The van der Waals surface area contributed by atoms with Crippen molar-refractivity contribution in [3.05, 3.63) is 131 Å². The van der Waals surface area contributed by atoms with E-state index in [1.54, 1.807) is 12.2 Å². The Morgan fingerprint density at radius 1 is 1.12 bits per heavy atom. The number of hydrogen-bond acceptors (Lipinski definition) is 2. The third kappa shape index (κ3) is 6.43. The van der Waals surface area contributed by atoms with E-state index in [0.29, 0.717) is 11.5 Å². The van der Waals surface area contributed by atoms with E-state index in [2.05, 4.69) is 93.3 Å². The topological polar surface area (TPSA) is 26.3 Å². The molecule has 0 spiro atoms. The van der Waals surface area contributed by atoms with Crippen molar-refractivity contribution >= 4 is 17.1 Å². The van der Waals surface area contributed by atoms with Crippen molar-refractivity contribution in [2.75, 3.05) is 7.11 Å². The molecule has 33 heavy (non-hydrogen) atoms. The number of benzene rings is 2. The Balaban J connectivity index is 2.07. The predicted octanol–water partition coefficient (Wildman–Crippen LogP) is 7.42. The molecule has 2 heteroatoms. The number of aryl methyl sites for hydroxylation is 1. The van der Waals surface area contributed by atoms with Gasteiger partial charge in [-0.3, -0.25) is 0 Å². The maximum Gasteiger partial charge on any atom is 0.337 e. The largest absolute Gasteiger partial charge is 0.465 e. The van der Waals surface area contributed by atoms with Crippen molar-refractivity contribution in [1.82, 2.24) is 0 Å². The summed E-state index contributed by atoms with van der Waals surface area (Å²) in [5.41, 5.74) is 8.30.